The van der Waals surface area contributed by atoms with Crippen molar-refractivity contribution in [2.24, 2.45) is 0 Å². The van der Waals surface area contributed by atoms with Crippen LogP contribution in [0.3, 0.4) is 0 Å². The third-order valence-electron chi connectivity index (χ3n) is 5.15. The largest absolute Gasteiger partial charge is 0.337 e. The van der Waals surface area contributed by atoms with Gasteiger partial charge < -0.3 is 10.2 Å². The summed E-state index contributed by atoms with van der Waals surface area (Å²) in [5.41, 5.74) is 2.73. The number of carbonyl (C=O) groups excluding carboxylic acids is 1. The van der Waals surface area contributed by atoms with E-state index in [9.17, 15) is 13.2 Å². The fourth-order valence-corrected chi connectivity index (χ4v) is 4.91. The van der Waals surface area contributed by atoms with Gasteiger partial charge >= 0.3 is 0 Å². The molecule has 6 nitrogen and oxygen atoms in total. The van der Waals surface area contributed by atoms with Gasteiger partial charge in [-0.3, -0.25) is 4.79 Å². The molecule has 1 N–H and O–H groups in total. The molecule has 0 aromatic heterocycles. The van der Waals surface area contributed by atoms with Crippen LogP contribution in [0.4, 0.5) is 0 Å². The van der Waals surface area contributed by atoms with Gasteiger partial charge in [-0.25, -0.2) is 8.42 Å². The Kier molecular flexibility index (Phi) is 7.41. The second kappa shape index (κ2) is 10.0. The Morgan fingerprint density at radius 1 is 1.03 bits per heavy atom. The Balaban J connectivity index is 1.71. The second-order valence-electron chi connectivity index (χ2n) is 7.36. The first-order valence-corrected chi connectivity index (χ1v) is 11.6. The Morgan fingerprint density at radius 2 is 1.76 bits per heavy atom. The van der Waals surface area contributed by atoms with Crippen LogP contribution < -0.4 is 5.32 Å². The van der Waals surface area contributed by atoms with Crippen LogP contribution in [0.15, 0.2) is 54.6 Å². The predicted octanol–water partition coefficient (Wildman–Crippen LogP) is 1.91. The summed E-state index contributed by atoms with van der Waals surface area (Å²) in [7, 11) is -3.39. The lowest BCUT2D eigenvalue weighted by molar-refractivity contribution is 0.0767. The van der Waals surface area contributed by atoms with E-state index >= 15 is 0 Å². The summed E-state index contributed by atoms with van der Waals surface area (Å²) >= 11 is 0. The van der Waals surface area contributed by atoms with Crippen molar-refractivity contribution in [3.05, 3.63) is 71.3 Å². The van der Waals surface area contributed by atoms with Gasteiger partial charge in [0.2, 0.25) is 10.0 Å². The van der Waals surface area contributed by atoms with Gasteiger partial charge in [0.05, 0.1) is 5.75 Å². The van der Waals surface area contributed by atoms with Crippen LogP contribution in [-0.4, -0.2) is 68.6 Å². The van der Waals surface area contributed by atoms with Crippen LogP contribution in [0.25, 0.3) is 0 Å². The molecule has 0 unspecified atom stereocenters. The van der Waals surface area contributed by atoms with Crippen molar-refractivity contribution in [2.75, 3.05) is 45.0 Å². The summed E-state index contributed by atoms with van der Waals surface area (Å²) in [6.07, 6.45) is 0.687. The lowest BCUT2D eigenvalue weighted by atomic mass is 10.1. The van der Waals surface area contributed by atoms with Crippen molar-refractivity contribution >= 4 is 15.9 Å². The summed E-state index contributed by atoms with van der Waals surface area (Å²) < 4.78 is 27.0. The lowest BCUT2D eigenvalue weighted by Gasteiger charge is -2.28. The number of nitrogens with one attached hydrogen (secondary N) is 1. The molecule has 1 saturated heterocycles. The smallest absolute Gasteiger partial charge is 0.253 e. The van der Waals surface area contributed by atoms with Crippen LogP contribution in [0.1, 0.15) is 21.5 Å². The maximum atomic E-state index is 13.1. The molecule has 3 rings (SSSR count). The molecular formula is C22H29N3O3S. The van der Waals surface area contributed by atoms with E-state index in [1.54, 1.807) is 11.0 Å². The first-order chi connectivity index (χ1) is 14.0. The van der Waals surface area contributed by atoms with Gasteiger partial charge in [-0.1, -0.05) is 48.0 Å². The average molecular weight is 416 g/mol. The number of carbonyl (C=O) groups is 1. The molecule has 1 fully saturated rings. The Bertz CT molecular complexity index is 910. The highest BCUT2D eigenvalue weighted by Crippen LogP contribution is 2.11. The molecule has 1 amide bonds. The molecule has 2 aromatic rings. The fourth-order valence-electron chi connectivity index (χ4n) is 3.46. The third kappa shape index (κ3) is 6.13. The molecule has 0 spiro atoms. The van der Waals surface area contributed by atoms with Gasteiger partial charge in [0.25, 0.3) is 5.91 Å². The first kappa shape index (κ1) is 21.5. The van der Waals surface area contributed by atoms with E-state index in [2.05, 4.69) is 5.32 Å². The summed E-state index contributed by atoms with van der Waals surface area (Å²) in [6, 6.07) is 17.4. The third-order valence-corrected chi connectivity index (χ3v) is 7.00. The highest BCUT2D eigenvalue weighted by molar-refractivity contribution is 7.89. The number of benzene rings is 2. The summed E-state index contributed by atoms with van der Waals surface area (Å²) in [4.78, 5) is 14.8. The summed E-state index contributed by atoms with van der Waals surface area (Å²) in [6.45, 7) is 4.91. The summed E-state index contributed by atoms with van der Waals surface area (Å²) in [5.74, 6) is -0.181. The van der Waals surface area contributed by atoms with Crippen molar-refractivity contribution in [3.8, 4) is 0 Å². The number of hydrogen-bond donors (Lipinski definition) is 1. The molecule has 0 radical (unpaired) electrons. The highest BCUT2D eigenvalue weighted by Gasteiger charge is 2.26. The van der Waals surface area contributed by atoms with Crippen molar-refractivity contribution in [3.63, 3.8) is 0 Å². The van der Waals surface area contributed by atoms with Gasteiger partial charge in [-0.15, -0.1) is 0 Å². The van der Waals surface area contributed by atoms with E-state index in [0.29, 0.717) is 44.7 Å². The molecular weight excluding hydrogens is 386 g/mol. The van der Waals surface area contributed by atoms with Crippen molar-refractivity contribution in [1.82, 2.24) is 14.5 Å². The van der Waals surface area contributed by atoms with Crippen LogP contribution in [0, 0.1) is 6.92 Å². The van der Waals surface area contributed by atoms with Crippen LogP contribution >= 0.6 is 0 Å². The predicted molar refractivity (Wildman–Crippen MR) is 115 cm³/mol. The molecule has 0 saturated carbocycles. The van der Waals surface area contributed by atoms with Gasteiger partial charge in [0.1, 0.15) is 0 Å². The second-order valence-corrected chi connectivity index (χ2v) is 9.45. The maximum absolute atomic E-state index is 13.1. The maximum Gasteiger partial charge on any atom is 0.253 e. The standard InChI is InChI=1S/C22H29N3O3S/c1-19-6-5-9-21(18-19)22(26)24(13-10-20-7-3-2-4-8-20)16-17-29(27,28)25-14-11-23-12-15-25/h2-9,18,23H,10-17H2,1H3. The lowest BCUT2D eigenvalue weighted by Crippen LogP contribution is -2.48. The quantitative estimate of drug-likeness (QED) is 0.715. The van der Waals surface area contributed by atoms with E-state index in [-0.39, 0.29) is 18.2 Å². The molecule has 1 aliphatic rings. The Morgan fingerprint density at radius 3 is 2.45 bits per heavy atom. The molecule has 0 aliphatic carbocycles. The van der Waals surface area contributed by atoms with E-state index in [1.165, 1.54) is 4.31 Å². The van der Waals surface area contributed by atoms with Crippen molar-refractivity contribution in [2.45, 2.75) is 13.3 Å². The minimum absolute atomic E-state index is 0.0562. The minimum atomic E-state index is -3.39. The zero-order valence-electron chi connectivity index (χ0n) is 16.9. The minimum Gasteiger partial charge on any atom is -0.337 e. The molecule has 7 heteroatoms. The fraction of sp³-hybridized carbons (Fsp3) is 0.409. The topological polar surface area (TPSA) is 69.7 Å². The number of sulfonamides is 1. The summed E-state index contributed by atoms with van der Waals surface area (Å²) in [5, 5.41) is 3.16. The van der Waals surface area contributed by atoms with Gasteiger partial charge in [-0.05, 0) is 31.0 Å². The first-order valence-electron chi connectivity index (χ1n) is 10.0. The zero-order valence-corrected chi connectivity index (χ0v) is 17.7. The van der Waals surface area contributed by atoms with Crippen molar-refractivity contribution < 1.29 is 13.2 Å². The van der Waals surface area contributed by atoms with Gasteiger partial charge in [0, 0.05) is 44.8 Å². The number of nitrogens with zero attached hydrogens (tertiary/aromatic N) is 2. The Hall–Kier alpha value is -2.22. The van der Waals surface area contributed by atoms with Crippen LogP contribution in [0.5, 0.6) is 0 Å². The van der Waals surface area contributed by atoms with E-state index < -0.39 is 10.0 Å². The molecule has 0 bridgehead atoms. The van der Waals surface area contributed by atoms with E-state index in [0.717, 1.165) is 11.1 Å². The molecule has 2 aromatic carbocycles. The monoisotopic (exact) mass is 415 g/mol. The van der Waals surface area contributed by atoms with Crippen molar-refractivity contribution in [1.29, 1.82) is 0 Å². The number of hydrogen-bond acceptors (Lipinski definition) is 4. The molecule has 1 heterocycles. The van der Waals surface area contributed by atoms with Gasteiger partial charge in [-0.2, -0.15) is 4.31 Å². The average Bonchev–Trinajstić information content (AvgIpc) is 2.75. The number of piperazine rings is 1. The molecule has 29 heavy (non-hydrogen) atoms. The van der Waals surface area contributed by atoms with Crippen LogP contribution in [0.2, 0.25) is 0 Å². The zero-order chi connectivity index (χ0) is 20.7. The van der Waals surface area contributed by atoms with E-state index in [4.69, 9.17) is 0 Å². The normalized spacial score (nSPS) is 15.2. The molecule has 1 aliphatic heterocycles. The van der Waals surface area contributed by atoms with Crippen LogP contribution in [-0.2, 0) is 16.4 Å². The SMILES string of the molecule is Cc1cccc(C(=O)N(CCc2ccccc2)CCS(=O)(=O)N2CCNCC2)c1. The molecule has 0 atom stereocenters. The highest BCUT2D eigenvalue weighted by atomic mass is 32.2. The molecule has 156 valence electrons. The Labute approximate surface area is 173 Å². The van der Waals surface area contributed by atoms with E-state index in [1.807, 2.05) is 55.5 Å². The number of aryl methyl sites for hydroxylation is 1. The number of amides is 1. The van der Waals surface area contributed by atoms with Gasteiger partial charge in [0.15, 0.2) is 0 Å². The number of rotatable bonds is 8.